The SMILES string of the molecule is CCCCCCCC/C=C/CCCCC(=O)NCCCC[C@@H](C(=O)O)N(C)C. The third kappa shape index (κ3) is 16.8. The molecule has 2 N–H and O–H groups in total. The van der Waals surface area contributed by atoms with Gasteiger partial charge >= 0.3 is 5.97 Å². The van der Waals surface area contributed by atoms with Crippen molar-refractivity contribution < 1.29 is 14.7 Å². The first-order chi connectivity index (χ1) is 13.5. The summed E-state index contributed by atoms with van der Waals surface area (Å²) in [5.41, 5.74) is 0. The zero-order chi connectivity index (χ0) is 21.0. The minimum Gasteiger partial charge on any atom is -0.480 e. The van der Waals surface area contributed by atoms with Gasteiger partial charge in [0.1, 0.15) is 6.04 Å². The second-order valence-electron chi connectivity index (χ2n) is 7.94. The van der Waals surface area contributed by atoms with Gasteiger partial charge in [-0.25, -0.2) is 0 Å². The lowest BCUT2D eigenvalue weighted by molar-refractivity contribution is -0.142. The van der Waals surface area contributed by atoms with Crippen LogP contribution in [0.4, 0.5) is 0 Å². The highest BCUT2D eigenvalue weighted by molar-refractivity contribution is 5.75. The van der Waals surface area contributed by atoms with Gasteiger partial charge in [0.15, 0.2) is 0 Å². The van der Waals surface area contributed by atoms with Crippen molar-refractivity contribution in [2.45, 2.75) is 103 Å². The Labute approximate surface area is 173 Å². The van der Waals surface area contributed by atoms with Gasteiger partial charge in [0, 0.05) is 13.0 Å². The number of carboxylic acids is 1. The normalized spacial score (nSPS) is 12.6. The molecule has 0 unspecified atom stereocenters. The summed E-state index contributed by atoms with van der Waals surface area (Å²) in [5.74, 6) is -0.673. The van der Waals surface area contributed by atoms with E-state index in [-0.39, 0.29) is 5.91 Å². The zero-order valence-electron chi connectivity index (χ0n) is 18.5. The van der Waals surface area contributed by atoms with E-state index in [1.807, 2.05) is 0 Å². The number of rotatable bonds is 19. The molecule has 0 aromatic carbocycles. The van der Waals surface area contributed by atoms with Crippen molar-refractivity contribution in [3.05, 3.63) is 12.2 Å². The molecule has 0 rings (SSSR count). The predicted octanol–water partition coefficient (Wildman–Crippen LogP) is 5.15. The average Bonchev–Trinajstić information content (AvgIpc) is 2.64. The Balaban J connectivity index is 3.46. The third-order valence-corrected chi connectivity index (χ3v) is 5.05. The largest absolute Gasteiger partial charge is 0.480 e. The summed E-state index contributed by atoms with van der Waals surface area (Å²) in [7, 11) is 3.56. The molecule has 0 spiro atoms. The van der Waals surface area contributed by atoms with Crippen molar-refractivity contribution in [3.63, 3.8) is 0 Å². The van der Waals surface area contributed by atoms with Crippen molar-refractivity contribution in [3.8, 4) is 0 Å². The summed E-state index contributed by atoms with van der Waals surface area (Å²) in [6.07, 6.45) is 19.7. The van der Waals surface area contributed by atoms with E-state index < -0.39 is 12.0 Å². The molecule has 0 heterocycles. The van der Waals surface area contributed by atoms with Gasteiger partial charge in [-0.1, -0.05) is 51.2 Å². The summed E-state index contributed by atoms with van der Waals surface area (Å²) in [4.78, 5) is 24.6. The number of allylic oxidation sites excluding steroid dienone is 2. The van der Waals surface area contributed by atoms with Crippen LogP contribution in [0.1, 0.15) is 96.8 Å². The van der Waals surface area contributed by atoms with Crippen molar-refractivity contribution >= 4 is 11.9 Å². The summed E-state index contributed by atoms with van der Waals surface area (Å²) < 4.78 is 0. The molecule has 1 amide bonds. The maximum absolute atomic E-state index is 11.8. The van der Waals surface area contributed by atoms with E-state index in [0.29, 0.717) is 19.4 Å². The molecular weight excluding hydrogens is 352 g/mol. The van der Waals surface area contributed by atoms with Crippen LogP contribution in [0.5, 0.6) is 0 Å². The van der Waals surface area contributed by atoms with Crippen LogP contribution in [-0.4, -0.2) is 48.6 Å². The molecular formula is C23H44N2O3. The van der Waals surface area contributed by atoms with E-state index in [2.05, 4.69) is 24.4 Å². The molecule has 28 heavy (non-hydrogen) atoms. The number of carbonyl (C=O) groups excluding carboxylic acids is 1. The van der Waals surface area contributed by atoms with E-state index in [1.54, 1.807) is 19.0 Å². The van der Waals surface area contributed by atoms with Crippen LogP contribution in [0, 0.1) is 0 Å². The monoisotopic (exact) mass is 396 g/mol. The van der Waals surface area contributed by atoms with Crippen molar-refractivity contribution in [1.82, 2.24) is 10.2 Å². The van der Waals surface area contributed by atoms with Crippen LogP contribution in [0.15, 0.2) is 12.2 Å². The van der Waals surface area contributed by atoms with Crippen molar-refractivity contribution in [2.75, 3.05) is 20.6 Å². The van der Waals surface area contributed by atoms with Crippen LogP contribution in [0.2, 0.25) is 0 Å². The van der Waals surface area contributed by atoms with Gasteiger partial charge < -0.3 is 10.4 Å². The Morgan fingerprint density at radius 1 is 0.893 bits per heavy atom. The van der Waals surface area contributed by atoms with E-state index in [1.165, 1.54) is 44.9 Å². The first-order valence-electron chi connectivity index (χ1n) is 11.3. The fourth-order valence-corrected chi connectivity index (χ4v) is 3.21. The van der Waals surface area contributed by atoms with Crippen LogP contribution in [-0.2, 0) is 9.59 Å². The number of carboxylic acid groups (broad SMARTS) is 1. The Morgan fingerprint density at radius 2 is 1.50 bits per heavy atom. The number of hydrogen-bond donors (Lipinski definition) is 2. The topological polar surface area (TPSA) is 69.6 Å². The Bertz CT molecular complexity index is 422. The molecule has 0 fully saturated rings. The Hall–Kier alpha value is -1.36. The highest BCUT2D eigenvalue weighted by Gasteiger charge is 2.18. The second kappa shape index (κ2) is 19.0. The lowest BCUT2D eigenvalue weighted by Gasteiger charge is -2.19. The molecule has 0 bridgehead atoms. The Morgan fingerprint density at radius 3 is 2.11 bits per heavy atom. The lowest BCUT2D eigenvalue weighted by atomic mass is 10.1. The number of amides is 1. The molecule has 0 aliphatic heterocycles. The van der Waals surface area contributed by atoms with Gasteiger partial charge in [0.25, 0.3) is 0 Å². The second-order valence-corrected chi connectivity index (χ2v) is 7.94. The van der Waals surface area contributed by atoms with E-state index in [0.717, 1.165) is 32.1 Å². The van der Waals surface area contributed by atoms with E-state index >= 15 is 0 Å². The maximum Gasteiger partial charge on any atom is 0.320 e. The molecule has 0 saturated carbocycles. The van der Waals surface area contributed by atoms with E-state index in [9.17, 15) is 9.59 Å². The van der Waals surface area contributed by atoms with Crippen LogP contribution in [0.3, 0.4) is 0 Å². The molecule has 0 aromatic rings. The van der Waals surface area contributed by atoms with Gasteiger partial charge in [0.2, 0.25) is 5.91 Å². The molecule has 0 radical (unpaired) electrons. The highest BCUT2D eigenvalue weighted by Crippen LogP contribution is 2.08. The lowest BCUT2D eigenvalue weighted by Crippen LogP contribution is -2.35. The minimum absolute atomic E-state index is 0.110. The van der Waals surface area contributed by atoms with Crippen molar-refractivity contribution in [2.24, 2.45) is 0 Å². The third-order valence-electron chi connectivity index (χ3n) is 5.05. The van der Waals surface area contributed by atoms with Gasteiger partial charge in [-0.3, -0.25) is 14.5 Å². The molecule has 0 aromatic heterocycles. The number of nitrogens with one attached hydrogen (secondary N) is 1. The molecule has 1 atom stereocenters. The maximum atomic E-state index is 11.8. The quantitative estimate of drug-likeness (QED) is 0.234. The summed E-state index contributed by atoms with van der Waals surface area (Å²) in [6.45, 7) is 2.88. The van der Waals surface area contributed by atoms with Gasteiger partial charge in [0.05, 0.1) is 0 Å². The fraction of sp³-hybridized carbons (Fsp3) is 0.826. The van der Waals surface area contributed by atoms with Crippen LogP contribution < -0.4 is 5.32 Å². The zero-order valence-corrected chi connectivity index (χ0v) is 18.5. The highest BCUT2D eigenvalue weighted by atomic mass is 16.4. The van der Waals surface area contributed by atoms with Crippen molar-refractivity contribution in [1.29, 1.82) is 0 Å². The van der Waals surface area contributed by atoms with Gasteiger partial charge in [-0.05, 0) is 65.5 Å². The fourth-order valence-electron chi connectivity index (χ4n) is 3.21. The first-order valence-corrected chi connectivity index (χ1v) is 11.3. The standard InChI is InChI=1S/C23H44N2O3/c1-4-5-6-7-8-9-10-11-12-13-14-15-19-22(26)24-20-17-16-18-21(23(27)28)25(2)3/h11-12,21H,4-10,13-20H2,1-3H3,(H,24,26)(H,27,28)/b12-11+/t21-/m0/s1. The molecule has 0 saturated heterocycles. The average molecular weight is 397 g/mol. The first kappa shape index (κ1) is 26.6. The smallest absolute Gasteiger partial charge is 0.320 e. The molecule has 5 heteroatoms. The number of carbonyl (C=O) groups is 2. The number of unbranched alkanes of at least 4 members (excludes halogenated alkanes) is 9. The summed E-state index contributed by atoms with van der Waals surface area (Å²) in [6, 6.07) is -0.440. The minimum atomic E-state index is -0.782. The predicted molar refractivity (Wildman–Crippen MR) is 118 cm³/mol. The van der Waals surface area contributed by atoms with Crippen LogP contribution in [0.25, 0.3) is 0 Å². The molecule has 0 aliphatic carbocycles. The van der Waals surface area contributed by atoms with E-state index in [4.69, 9.17) is 5.11 Å². The van der Waals surface area contributed by atoms with Gasteiger partial charge in [-0.2, -0.15) is 0 Å². The number of nitrogens with zero attached hydrogens (tertiary/aromatic N) is 1. The Kier molecular flexibility index (Phi) is 18.1. The van der Waals surface area contributed by atoms with Crippen LogP contribution >= 0.6 is 0 Å². The number of hydrogen-bond acceptors (Lipinski definition) is 3. The molecule has 164 valence electrons. The van der Waals surface area contributed by atoms with Gasteiger partial charge in [-0.15, -0.1) is 0 Å². The number of likely N-dealkylation sites (N-methyl/N-ethyl adjacent to an activating group) is 1. The molecule has 0 aliphatic rings. The number of aliphatic carboxylic acids is 1. The molecule has 5 nitrogen and oxygen atoms in total. The summed E-state index contributed by atoms with van der Waals surface area (Å²) >= 11 is 0. The summed E-state index contributed by atoms with van der Waals surface area (Å²) in [5, 5.41) is 12.0.